The van der Waals surface area contributed by atoms with E-state index in [2.05, 4.69) is 39.0 Å². The van der Waals surface area contributed by atoms with Crippen molar-refractivity contribution in [2.75, 3.05) is 0 Å². The van der Waals surface area contributed by atoms with E-state index >= 15 is 0 Å². The van der Waals surface area contributed by atoms with Crippen LogP contribution in [0.25, 0.3) is 16.9 Å². The van der Waals surface area contributed by atoms with Crippen molar-refractivity contribution in [3.8, 4) is 11.3 Å². The van der Waals surface area contributed by atoms with E-state index in [9.17, 15) is 0 Å². The van der Waals surface area contributed by atoms with Gasteiger partial charge in [-0.05, 0) is 28.4 Å². The Morgan fingerprint density at radius 2 is 1.90 bits per heavy atom. The summed E-state index contributed by atoms with van der Waals surface area (Å²) in [5, 5.41) is 4.70. The number of benzene rings is 1. The first-order valence-corrected chi connectivity index (χ1v) is 7.59. The Balaban J connectivity index is 0.000000704. The fourth-order valence-corrected chi connectivity index (χ4v) is 2.47. The molecule has 0 saturated heterocycles. The summed E-state index contributed by atoms with van der Waals surface area (Å²) in [7, 11) is 0. The van der Waals surface area contributed by atoms with Crippen molar-refractivity contribution in [1.82, 2.24) is 14.6 Å². The van der Waals surface area contributed by atoms with Crippen LogP contribution in [0.5, 0.6) is 0 Å². The second kappa shape index (κ2) is 6.37. The van der Waals surface area contributed by atoms with Gasteiger partial charge in [-0.3, -0.25) is 0 Å². The summed E-state index contributed by atoms with van der Waals surface area (Å²) < 4.78 is 2.44. The minimum Gasteiger partial charge on any atom is -0.227 e. The molecule has 0 N–H and O–H groups in total. The van der Waals surface area contributed by atoms with E-state index in [1.807, 2.05) is 38.1 Å². The van der Waals surface area contributed by atoms with Gasteiger partial charge in [-0.1, -0.05) is 49.7 Å². The van der Waals surface area contributed by atoms with Gasteiger partial charge in [0.25, 0.3) is 0 Å². The zero-order valence-corrected chi connectivity index (χ0v) is 13.9. The summed E-state index contributed by atoms with van der Waals surface area (Å²) in [5.41, 5.74) is 3.82. The molecule has 5 heteroatoms. The number of fused-ring (bicyclic) bond motifs is 1. The number of halogens is 2. The lowest BCUT2D eigenvalue weighted by Crippen LogP contribution is -1.95. The summed E-state index contributed by atoms with van der Waals surface area (Å²) in [6.45, 7) is 6.06. The molecule has 3 rings (SSSR count). The monoisotopic (exact) mass is 351 g/mol. The number of hydrogen-bond donors (Lipinski definition) is 0. The lowest BCUT2D eigenvalue weighted by molar-refractivity contribution is 0.941. The molecule has 0 saturated carbocycles. The normalized spacial score (nSPS) is 10.2. The van der Waals surface area contributed by atoms with Crippen LogP contribution in [-0.4, -0.2) is 14.6 Å². The first-order valence-electron chi connectivity index (χ1n) is 6.42. The van der Waals surface area contributed by atoms with Gasteiger partial charge in [0.2, 0.25) is 0 Å². The van der Waals surface area contributed by atoms with Gasteiger partial charge in [-0.15, -0.1) is 0 Å². The highest BCUT2D eigenvalue weighted by Crippen LogP contribution is 2.27. The second-order valence-electron chi connectivity index (χ2n) is 4.01. The summed E-state index contributed by atoms with van der Waals surface area (Å²) in [6, 6.07) is 9.92. The van der Waals surface area contributed by atoms with Crippen LogP contribution < -0.4 is 0 Å². The van der Waals surface area contributed by atoms with Crippen LogP contribution in [-0.2, 0) is 0 Å². The van der Waals surface area contributed by atoms with Gasteiger partial charge in [0, 0.05) is 11.6 Å². The molecule has 0 spiro atoms. The molecule has 0 amide bonds. The van der Waals surface area contributed by atoms with Crippen molar-refractivity contribution >= 4 is 33.2 Å². The van der Waals surface area contributed by atoms with Gasteiger partial charge in [0.1, 0.15) is 5.15 Å². The van der Waals surface area contributed by atoms with Gasteiger partial charge in [0.15, 0.2) is 5.65 Å². The minimum absolute atomic E-state index is 0.545. The predicted octanol–water partition coefficient (Wildman–Crippen LogP) is 5.15. The zero-order valence-electron chi connectivity index (χ0n) is 11.6. The average Bonchev–Trinajstić information content (AvgIpc) is 2.84. The van der Waals surface area contributed by atoms with Crippen molar-refractivity contribution < 1.29 is 0 Å². The Morgan fingerprint density at radius 3 is 2.60 bits per heavy atom. The molecule has 0 fully saturated rings. The molecule has 20 heavy (non-hydrogen) atoms. The van der Waals surface area contributed by atoms with E-state index < -0.39 is 0 Å². The Labute approximate surface area is 131 Å². The van der Waals surface area contributed by atoms with E-state index in [1.54, 1.807) is 10.7 Å². The smallest absolute Gasteiger partial charge is 0.171 e. The van der Waals surface area contributed by atoms with Crippen LogP contribution in [0.4, 0.5) is 0 Å². The SMILES string of the molecule is CC.Cc1ccccc1-c1cc(Cl)n2ncc(Br)c2n1. The average molecular weight is 353 g/mol. The summed E-state index contributed by atoms with van der Waals surface area (Å²) >= 11 is 9.64. The van der Waals surface area contributed by atoms with Gasteiger partial charge >= 0.3 is 0 Å². The lowest BCUT2D eigenvalue weighted by Gasteiger charge is -2.06. The van der Waals surface area contributed by atoms with Crippen LogP contribution in [0.1, 0.15) is 19.4 Å². The molecule has 3 nitrogen and oxygen atoms in total. The summed E-state index contributed by atoms with van der Waals surface area (Å²) in [4.78, 5) is 4.60. The summed E-state index contributed by atoms with van der Waals surface area (Å²) in [6.07, 6.45) is 1.69. The van der Waals surface area contributed by atoms with E-state index in [1.165, 1.54) is 5.56 Å². The van der Waals surface area contributed by atoms with Gasteiger partial charge < -0.3 is 0 Å². The quantitative estimate of drug-likeness (QED) is 0.567. The van der Waals surface area contributed by atoms with Crippen LogP contribution in [0, 0.1) is 6.92 Å². The fraction of sp³-hybridized carbons (Fsp3) is 0.200. The maximum absolute atomic E-state index is 6.22. The maximum Gasteiger partial charge on any atom is 0.171 e. The Kier molecular flexibility index (Phi) is 4.78. The lowest BCUT2D eigenvalue weighted by atomic mass is 10.1. The van der Waals surface area contributed by atoms with Gasteiger partial charge in [0.05, 0.1) is 16.4 Å². The van der Waals surface area contributed by atoms with Crippen LogP contribution >= 0.6 is 27.5 Å². The van der Waals surface area contributed by atoms with E-state index in [4.69, 9.17) is 11.6 Å². The largest absolute Gasteiger partial charge is 0.227 e. The third kappa shape index (κ3) is 2.72. The first kappa shape index (κ1) is 15.0. The van der Waals surface area contributed by atoms with Gasteiger partial charge in [-0.25, -0.2) is 9.50 Å². The van der Waals surface area contributed by atoms with E-state index in [-0.39, 0.29) is 0 Å². The molecule has 0 bridgehead atoms. The number of aryl methyl sites for hydroxylation is 1. The molecule has 0 atom stereocenters. The van der Waals surface area contributed by atoms with E-state index in [0.29, 0.717) is 5.15 Å². The molecule has 0 aliphatic heterocycles. The van der Waals surface area contributed by atoms with Crippen molar-refractivity contribution in [3.63, 3.8) is 0 Å². The molecule has 0 aliphatic rings. The fourth-order valence-electron chi connectivity index (χ4n) is 1.90. The Morgan fingerprint density at radius 1 is 1.20 bits per heavy atom. The first-order chi connectivity index (χ1) is 9.66. The number of hydrogen-bond acceptors (Lipinski definition) is 2. The number of rotatable bonds is 1. The molecule has 0 unspecified atom stereocenters. The van der Waals surface area contributed by atoms with Crippen molar-refractivity contribution in [2.45, 2.75) is 20.8 Å². The van der Waals surface area contributed by atoms with Crippen molar-refractivity contribution in [3.05, 3.63) is 51.7 Å². The molecule has 0 radical (unpaired) electrons. The van der Waals surface area contributed by atoms with Gasteiger partial charge in [-0.2, -0.15) is 5.10 Å². The second-order valence-corrected chi connectivity index (χ2v) is 5.25. The predicted molar refractivity (Wildman–Crippen MR) is 87.2 cm³/mol. The van der Waals surface area contributed by atoms with Crippen molar-refractivity contribution in [1.29, 1.82) is 0 Å². The molecule has 0 aliphatic carbocycles. The molecule has 2 heterocycles. The third-order valence-electron chi connectivity index (χ3n) is 2.81. The highest BCUT2D eigenvalue weighted by Gasteiger charge is 2.10. The number of aromatic nitrogens is 3. The Hall–Kier alpha value is -1.39. The standard InChI is InChI=1S/C13H9BrClN3.C2H6/c1-8-4-2-3-5-9(8)11-6-12(15)18-13(17-11)10(14)7-16-18;1-2/h2-7H,1H3;1-2H3. The molecule has 1 aromatic carbocycles. The topological polar surface area (TPSA) is 30.2 Å². The van der Waals surface area contributed by atoms with Crippen LogP contribution in [0.15, 0.2) is 41.0 Å². The molecule has 104 valence electrons. The maximum atomic E-state index is 6.22. The highest BCUT2D eigenvalue weighted by atomic mass is 79.9. The van der Waals surface area contributed by atoms with Crippen molar-refractivity contribution in [2.24, 2.45) is 0 Å². The molecular formula is C15H15BrClN3. The van der Waals surface area contributed by atoms with Crippen LogP contribution in [0.2, 0.25) is 5.15 Å². The highest BCUT2D eigenvalue weighted by molar-refractivity contribution is 9.10. The number of nitrogens with zero attached hydrogens (tertiary/aromatic N) is 3. The molecule has 2 aromatic heterocycles. The summed E-state index contributed by atoms with van der Waals surface area (Å²) in [5.74, 6) is 0. The Bertz CT molecular complexity index is 737. The third-order valence-corrected chi connectivity index (χ3v) is 3.63. The zero-order chi connectivity index (χ0) is 14.7. The molecular weight excluding hydrogens is 338 g/mol. The molecule has 3 aromatic rings. The minimum atomic E-state index is 0.545. The van der Waals surface area contributed by atoms with Crippen LogP contribution in [0.3, 0.4) is 0 Å². The van der Waals surface area contributed by atoms with E-state index in [0.717, 1.165) is 21.4 Å².